The lowest BCUT2D eigenvalue weighted by Gasteiger charge is -2.10. The number of esters is 2. The number of carbonyl (C=O) groups excluding carboxylic acids is 4. The number of hydrogen-bond donors (Lipinski definition) is 2. The fourth-order valence-electron chi connectivity index (χ4n) is 2.37. The van der Waals surface area contributed by atoms with E-state index in [1.807, 2.05) is 0 Å². The zero-order valence-corrected chi connectivity index (χ0v) is 15.5. The number of para-hydroxylation sites is 1. The summed E-state index contributed by atoms with van der Waals surface area (Å²) in [6, 6.07) is 12.5. The van der Waals surface area contributed by atoms with E-state index in [2.05, 4.69) is 15.4 Å². The van der Waals surface area contributed by atoms with Crippen LogP contribution in [0.25, 0.3) is 0 Å². The Morgan fingerprint density at radius 1 is 0.893 bits per heavy atom. The smallest absolute Gasteiger partial charge is 0.340 e. The average molecular weight is 384 g/mol. The fourth-order valence-corrected chi connectivity index (χ4v) is 2.37. The molecule has 0 unspecified atom stereocenters. The summed E-state index contributed by atoms with van der Waals surface area (Å²) in [5, 5.41) is 5.07. The Bertz CT molecular complexity index is 894. The van der Waals surface area contributed by atoms with Crippen LogP contribution < -0.4 is 10.6 Å². The molecule has 2 rings (SSSR count). The average Bonchev–Trinajstić information content (AvgIpc) is 2.67. The first-order valence-corrected chi connectivity index (χ1v) is 8.48. The Morgan fingerprint density at radius 3 is 2.32 bits per heavy atom. The topological polar surface area (TPSA) is 111 Å². The van der Waals surface area contributed by atoms with Crippen molar-refractivity contribution in [2.75, 3.05) is 24.4 Å². The highest BCUT2D eigenvalue weighted by molar-refractivity contribution is 6.10. The summed E-state index contributed by atoms with van der Waals surface area (Å²) in [6.45, 7) is 1.88. The minimum atomic E-state index is -0.599. The van der Waals surface area contributed by atoms with Gasteiger partial charge in [-0.2, -0.15) is 0 Å². The van der Waals surface area contributed by atoms with Gasteiger partial charge >= 0.3 is 11.9 Å². The van der Waals surface area contributed by atoms with Crippen molar-refractivity contribution in [3.8, 4) is 0 Å². The molecule has 8 nitrogen and oxygen atoms in total. The summed E-state index contributed by atoms with van der Waals surface area (Å²) in [4.78, 5) is 47.7. The van der Waals surface area contributed by atoms with Gasteiger partial charge in [0.1, 0.15) is 6.42 Å². The quantitative estimate of drug-likeness (QED) is 0.561. The van der Waals surface area contributed by atoms with Crippen molar-refractivity contribution < 1.29 is 28.7 Å². The van der Waals surface area contributed by atoms with E-state index in [0.29, 0.717) is 5.69 Å². The molecule has 0 aliphatic rings. The van der Waals surface area contributed by atoms with Crippen LogP contribution in [-0.4, -0.2) is 37.5 Å². The molecule has 0 saturated heterocycles. The normalized spacial score (nSPS) is 9.93. The molecule has 2 amide bonds. The number of ether oxygens (including phenoxy) is 2. The van der Waals surface area contributed by atoms with Gasteiger partial charge in [0, 0.05) is 5.69 Å². The summed E-state index contributed by atoms with van der Waals surface area (Å²) in [5.41, 5.74) is 1.08. The van der Waals surface area contributed by atoms with E-state index in [-0.39, 0.29) is 23.4 Å². The number of amides is 2. The molecule has 2 aromatic carbocycles. The van der Waals surface area contributed by atoms with Crippen LogP contribution in [-0.2, 0) is 19.1 Å². The van der Waals surface area contributed by atoms with Gasteiger partial charge in [0.2, 0.25) is 11.8 Å². The van der Waals surface area contributed by atoms with Gasteiger partial charge in [0.15, 0.2) is 0 Å². The number of anilines is 2. The largest absolute Gasteiger partial charge is 0.465 e. The Hall–Kier alpha value is -3.68. The minimum absolute atomic E-state index is 0.198. The maximum Gasteiger partial charge on any atom is 0.340 e. The first kappa shape index (κ1) is 20.6. The third-order valence-corrected chi connectivity index (χ3v) is 3.59. The first-order chi connectivity index (χ1) is 13.4. The summed E-state index contributed by atoms with van der Waals surface area (Å²) < 4.78 is 9.56. The van der Waals surface area contributed by atoms with Gasteiger partial charge in [-0.15, -0.1) is 0 Å². The molecular formula is C20H20N2O6. The molecular weight excluding hydrogens is 364 g/mol. The molecule has 0 radical (unpaired) electrons. The van der Waals surface area contributed by atoms with Crippen LogP contribution in [0.15, 0.2) is 48.5 Å². The van der Waals surface area contributed by atoms with E-state index in [1.165, 1.54) is 19.2 Å². The van der Waals surface area contributed by atoms with Gasteiger partial charge in [-0.1, -0.05) is 18.2 Å². The molecule has 0 atom stereocenters. The van der Waals surface area contributed by atoms with Crippen molar-refractivity contribution >= 4 is 35.1 Å². The lowest BCUT2D eigenvalue weighted by molar-refractivity contribution is -0.123. The van der Waals surface area contributed by atoms with Crippen LogP contribution in [0.4, 0.5) is 11.4 Å². The van der Waals surface area contributed by atoms with Crippen LogP contribution >= 0.6 is 0 Å². The number of hydrogen-bond acceptors (Lipinski definition) is 6. The molecule has 0 aliphatic carbocycles. The SMILES string of the molecule is CCOC(=O)c1ccccc1NC(=O)CC(=O)Nc1cccc(C(=O)OC)c1. The Labute approximate surface area is 161 Å². The summed E-state index contributed by atoms with van der Waals surface area (Å²) in [5.74, 6) is -2.28. The van der Waals surface area contributed by atoms with Crippen molar-refractivity contribution in [2.45, 2.75) is 13.3 Å². The number of nitrogens with one attached hydrogen (secondary N) is 2. The van der Waals surface area contributed by atoms with Crippen molar-refractivity contribution in [3.05, 3.63) is 59.7 Å². The second-order valence-electron chi connectivity index (χ2n) is 5.61. The molecule has 146 valence electrons. The van der Waals surface area contributed by atoms with Gasteiger partial charge in [0.25, 0.3) is 0 Å². The van der Waals surface area contributed by atoms with Crippen LogP contribution in [0, 0.1) is 0 Å². The highest BCUT2D eigenvalue weighted by Crippen LogP contribution is 2.17. The zero-order valence-electron chi connectivity index (χ0n) is 15.5. The Kier molecular flexibility index (Phi) is 7.27. The Balaban J connectivity index is 2.00. The van der Waals surface area contributed by atoms with Crippen LogP contribution in [0.5, 0.6) is 0 Å². The minimum Gasteiger partial charge on any atom is -0.465 e. The highest BCUT2D eigenvalue weighted by Gasteiger charge is 2.16. The van der Waals surface area contributed by atoms with Crippen LogP contribution in [0.1, 0.15) is 34.1 Å². The molecule has 0 heterocycles. The maximum atomic E-state index is 12.2. The molecule has 2 aromatic rings. The molecule has 8 heteroatoms. The predicted octanol–water partition coefficient (Wildman–Crippen LogP) is 2.62. The molecule has 2 N–H and O–H groups in total. The monoisotopic (exact) mass is 384 g/mol. The van der Waals surface area contributed by atoms with Gasteiger partial charge < -0.3 is 20.1 Å². The van der Waals surface area contributed by atoms with Gasteiger partial charge in [-0.05, 0) is 37.3 Å². The molecule has 28 heavy (non-hydrogen) atoms. The lowest BCUT2D eigenvalue weighted by atomic mass is 10.1. The summed E-state index contributed by atoms with van der Waals surface area (Å²) in [7, 11) is 1.26. The van der Waals surface area contributed by atoms with Crippen molar-refractivity contribution in [2.24, 2.45) is 0 Å². The third-order valence-electron chi connectivity index (χ3n) is 3.59. The number of carbonyl (C=O) groups is 4. The summed E-state index contributed by atoms with van der Waals surface area (Å²) >= 11 is 0. The molecule has 0 fully saturated rings. The predicted molar refractivity (Wildman–Crippen MR) is 102 cm³/mol. The molecule has 0 aromatic heterocycles. The number of rotatable bonds is 7. The molecule has 0 saturated carbocycles. The fraction of sp³-hybridized carbons (Fsp3) is 0.200. The molecule has 0 aliphatic heterocycles. The van der Waals surface area contributed by atoms with Crippen LogP contribution in [0.2, 0.25) is 0 Å². The molecule has 0 spiro atoms. The van der Waals surface area contributed by atoms with E-state index in [1.54, 1.807) is 43.3 Å². The van der Waals surface area contributed by atoms with Crippen LogP contribution in [0.3, 0.4) is 0 Å². The second kappa shape index (κ2) is 9.86. The van der Waals surface area contributed by atoms with E-state index >= 15 is 0 Å². The van der Waals surface area contributed by atoms with E-state index < -0.39 is 30.2 Å². The molecule has 0 bridgehead atoms. The standard InChI is InChI=1S/C20H20N2O6/c1-3-28-20(26)15-9-4-5-10-16(15)22-18(24)12-17(23)21-14-8-6-7-13(11-14)19(25)27-2/h4-11H,3,12H2,1-2H3,(H,21,23)(H,22,24). The van der Waals surface area contributed by atoms with Crippen molar-refractivity contribution in [1.29, 1.82) is 0 Å². The lowest BCUT2D eigenvalue weighted by Crippen LogP contribution is -2.22. The third kappa shape index (κ3) is 5.66. The Morgan fingerprint density at radius 2 is 1.61 bits per heavy atom. The second-order valence-corrected chi connectivity index (χ2v) is 5.61. The van der Waals surface area contributed by atoms with E-state index in [9.17, 15) is 19.2 Å². The van der Waals surface area contributed by atoms with Crippen molar-refractivity contribution in [3.63, 3.8) is 0 Å². The number of methoxy groups -OCH3 is 1. The zero-order chi connectivity index (χ0) is 20.5. The summed E-state index contributed by atoms with van der Waals surface area (Å²) in [6.07, 6.45) is -0.473. The van der Waals surface area contributed by atoms with Gasteiger partial charge in [-0.3, -0.25) is 9.59 Å². The van der Waals surface area contributed by atoms with Gasteiger partial charge in [-0.25, -0.2) is 9.59 Å². The van der Waals surface area contributed by atoms with E-state index in [0.717, 1.165) is 0 Å². The number of benzene rings is 2. The van der Waals surface area contributed by atoms with Gasteiger partial charge in [0.05, 0.1) is 30.5 Å². The maximum absolute atomic E-state index is 12.2. The van der Waals surface area contributed by atoms with Crippen molar-refractivity contribution in [1.82, 2.24) is 0 Å². The van der Waals surface area contributed by atoms with E-state index in [4.69, 9.17) is 4.74 Å². The first-order valence-electron chi connectivity index (χ1n) is 8.48. The highest BCUT2D eigenvalue weighted by atomic mass is 16.5.